The first-order valence-corrected chi connectivity index (χ1v) is 23.1. The predicted molar refractivity (Wildman–Crippen MR) is 257 cm³/mol. The van der Waals surface area contributed by atoms with Gasteiger partial charge in [0.15, 0.2) is 11.7 Å². The van der Waals surface area contributed by atoms with Gasteiger partial charge in [-0.05, 0) is 94.6 Å². The Bertz CT molecular complexity index is 1920. The van der Waals surface area contributed by atoms with E-state index in [1.54, 1.807) is 56.3 Å². The van der Waals surface area contributed by atoms with Crippen molar-refractivity contribution >= 4 is 47.2 Å². The molecule has 0 aliphatic rings. The first-order valence-electron chi connectivity index (χ1n) is 23.1. The van der Waals surface area contributed by atoms with Gasteiger partial charge >= 0.3 is 0 Å². The molecule has 0 aliphatic carbocycles. The van der Waals surface area contributed by atoms with Gasteiger partial charge in [-0.15, -0.1) is 0 Å². The van der Waals surface area contributed by atoms with Gasteiger partial charge in [-0.3, -0.25) is 39.0 Å². The van der Waals surface area contributed by atoms with Crippen molar-refractivity contribution in [2.24, 2.45) is 34.6 Å². The van der Waals surface area contributed by atoms with E-state index in [1.165, 1.54) is 19.1 Å². The quantitative estimate of drug-likeness (QED) is 0.0161. The molecule has 0 aliphatic heterocycles. The minimum atomic E-state index is -1.37. The van der Waals surface area contributed by atoms with Gasteiger partial charge in [0.05, 0.1) is 12.1 Å². The first-order chi connectivity index (χ1) is 32.2. The Hall–Kier alpha value is -6.20. The smallest absolute Gasteiger partial charge is 0.243 e. The Morgan fingerprint density at radius 3 is 1.50 bits per heavy atom. The number of hydrogen-bond donors (Lipinski definition) is 15. The molecular formula is C46H75N13O9. The Morgan fingerprint density at radius 1 is 0.574 bits per heavy atom. The van der Waals surface area contributed by atoms with Crippen LogP contribution in [0.3, 0.4) is 0 Å². The zero-order valence-electron chi connectivity index (χ0n) is 39.4. The molecule has 68 heavy (non-hydrogen) atoms. The number of benzene rings is 2. The summed E-state index contributed by atoms with van der Waals surface area (Å²) >= 11 is 0. The lowest BCUT2D eigenvalue weighted by atomic mass is 9.96. The Morgan fingerprint density at radius 2 is 1.01 bits per heavy atom. The van der Waals surface area contributed by atoms with Crippen molar-refractivity contribution in [3.05, 3.63) is 65.7 Å². The molecule has 0 heterocycles. The van der Waals surface area contributed by atoms with E-state index in [1.807, 2.05) is 0 Å². The summed E-state index contributed by atoms with van der Waals surface area (Å²) < 4.78 is 0. The second-order valence-electron chi connectivity index (χ2n) is 17.1. The van der Waals surface area contributed by atoms with Crippen LogP contribution < -0.4 is 65.9 Å². The predicted octanol–water partition coefficient (Wildman–Crippen LogP) is -2.15. The van der Waals surface area contributed by atoms with E-state index in [0.29, 0.717) is 49.8 Å². The number of aromatic hydroxyl groups is 1. The van der Waals surface area contributed by atoms with Crippen LogP contribution in [0.25, 0.3) is 0 Å². The Labute approximate surface area is 398 Å². The van der Waals surface area contributed by atoms with Crippen LogP contribution >= 0.6 is 0 Å². The normalized spacial score (nSPS) is 14.7. The largest absolute Gasteiger partial charge is 0.508 e. The zero-order valence-corrected chi connectivity index (χ0v) is 39.4. The number of phenolic OH excluding ortho intramolecular Hbond substituents is 1. The third-order valence-corrected chi connectivity index (χ3v) is 10.9. The van der Waals surface area contributed by atoms with Gasteiger partial charge in [-0.2, -0.15) is 0 Å². The van der Waals surface area contributed by atoms with Crippen molar-refractivity contribution < 1.29 is 43.8 Å². The molecule has 0 bridgehead atoms. The maximum Gasteiger partial charge on any atom is 0.243 e. The summed E-state index contributed by atoms with van der Waals surface area (Å²) in [7, 11) is 0. The number of Topliss-reactive ketones (excluding diaryl/α,β-unsaturated/α-hetero) is 1. The average molecular weight is 954 g/mol. The molecule has 1 unspecified atom stereocenters. The van der Waals surface area contributed by atoms with Crippen LogP contribution in [0.15, 0.2) is 54.6 Å². The molecule has 0 fully saturated rings. The monoisotopic (exact) mass is 954 g/mol. The molecule has 8 atom stereocenters. The van der Waals surface area contributed by atoms with Gasteiger partial charge in [0, 0.05) is 31.7 Å². The SMILES string of the molecule is CC(C)C(=O)[C@H](CCCCN)NC(=O)[C@H](Cc1ccc(O)cc1)NC(=O)[C@H](Cc1ccccc1)NC(=O)[C@H](CCCCN)NC(=O)[C@H](CCCNC(=N)N)NC(=O)[C@H](C)NC(=O)[C@@H](N)CC(N)O. The number of rotatable bonds is 32. The Balaban J connectivity index is 2.49. The van der Waals surface area contributed by atoms with Crippen molar-refractivity contribution in [1.29, 1.82) is 5.41 Å². The number of hydrogen-bond acceptors (Lipinski definition) is 14. The fourth-order valence-electron chi connectivity index (χ4n) is 7.02. The fraction of sp³-hybridized carbons (Fsp3) is 0.565. The highest BCUT2D eigenvalue weighted by Crippen LogP contribution is 2.15. The van der Waals surface area contributed by atoms with Gasteiger partial charge in [0.25, 0.3) is 0 Å². The number of nitrogens with two attached hydrogens (primary N) is 5. The second-order valence-corrected chi connectivity index (χ2v) is 17.1. The molecule has 0 saturated heterocycles. The maximum atomic E-state index is 14.5. The van der Waals surface area contributed by atoms with Crippen molar-refractivity contribution in [1.82, 2.24) is 37.2 Å². The molecule has 22 nitrogen and oxygen atoms in total. The topological polar surface area (TPSA) is 398 Å². The van der Waals surface area contributed by atoms with E-state index in [9.17, 15) is 43.8 Å². The van der Waals surface area contributed by atoms with Gasteiger partial charge in [-0.25, -0.2) is 0 Å². The van der Waals surface area contributed by atoms with Crippen LogP contribution in [-0.4, -0.2) is 126 Å². The van der Waals surface area contributed by atoms with Gasteiger partial charge in [-0.1, -0.05) is 56.3 Å². The number of carbonyl (C=O) groups excluding carboxylic acids is 7. The third kappa shape index (κ3) is 22.1. The van der Waals surface area contributed by atoms with E-state index < -0.39 is 89.9 Å². The van der Waals surface area contributed by atoms with Crippen LogP contribution in [0.5, 0.6) is 5.75 Å². The summed E-state index contributed by atoms with van der Waals surface area (Å²) in [6, 6.07) is 6.47. The molecule has 0 spiro atoms. The number of ketones is 1. The summed E-state index contributed by atoms with van der Waals surface area (Å²) in [4.78, 5) is 96.3. The standard InChI is InChI=1S/C46H75N13O9/c1-27(2)39(62)33(14-7-9-21-47)55-44(67)37(25-30-17-19-31(60)20-18-30)59-45(68)36(24-29-12-5-4-6-13-29)58-43(66)34(15-8-10-22-48)57-42(65)35(16-11-23-53-46(51)52)56-40(63)28(3)54-41(64)32(49)26-38(50)61/h4-6,12-13,17-20,27-28,32-38,60-61H,7-11,14-16,21-26,47-50H2,1-3H3,(H,54,64)(H,55,67)(H,56,63)(H,57,65)(H,58,66)(H,59,68)(H4,51,52,53)/t28-,32-,33-,34-,35-,36-,37-,38?/m0/s1. The van der Waals surface area contributed by atoms with E-state index in [0.717, 1.165) is 0 Å². The number of nitrogens with one attached hydrogen (secondary N) is 8. The lowest BCUT2D eigenvalue weighted by Gasteiger charge is -2.28. The number of guanidine groups is 1. The molecule has 6 amide bonds. The number of phenols is 1. The van der Waals surface area contributed by atoms with E-state index >= 15 is 0 Å². The number of unbranched alkanes of at least 4 members (excludes halogenated alkanes) is 2. The number of aliphatic hydroxyl groups is 1. The highest BCUT2D eigenvalue weighted by atomic mass is 16.3. The van der Waals surface area contributed by atoms with Crippen LogP contribution in [0.4, 0.5) is 0 Å². The summed E-state index contributed by atoms with van der Waals surface area (Å²) in [5.41, 5.74) is 29.3. The minimum Gasteiger partial charge on any atom is -0.508 e. The van der Waals surface area contributed by atoms with Gasteiger partial charge < -0.3 is 76.1 Å². The van der Waals surface area contributed by atoms with Crippen LogP contribution in [0, 0.1) is 11.3 Å². The highest BCUT2D eigenvalue weighted by Gasteiger charge is 2.34. The molecular weight excluding hydrogens is 879 g/mol. The van der Waals surface area contributed by atoms with E-state index in [4.69, 9.17) is 34.1 Å². The Kier molecular flexibility index (Phi) is 26.4. The van der Waals surface area contributed by atoms with Crippen LogP contribution in [0.2, 0.25) is 0 Å². The van der Waals surface area contributed by atoms with Crippen LogP contribution in [0.1, 0.15) is 89.7 Å². The summed E-state index contributed by atoms with van der Waals surface area (Å²) in [5, 5.41) is 45.6. The van der Waals surface area contributed by atoms with Crippen LogP contribution in [-0.2, 0) is 46.4 Å². The summed E-state index contributed by atoms with van der Waals surface area (Å²) in [5.74, 6) is -5.39. The molecule has 20 N–H and O–H groups in total. The minimum absolute atomic E-state index is 0.00526. The van der Waals surface area contributed by atoms with Crippen molar-refractivity contribution in [2.45, 2.75) is 140 Å². The number of aliphatic hydroxyl groups excluding tert-OH is 1. The molecule has 2 rings (SSSR count). The van der Waals surface area contributed by atoms with Gasteiger partial charge in [0.1, 0.15) is 42.2 Å². The molecule has 0 radical (unpaired) electrons. The second kappa shape index (κ2) is 31.0. The molecule has 378 valence electrons. The van der Waals surface area contributed by atoms with Crippen molar-refractivity contribution in [3.63, 3.8) is 0 Å². The lowest BCUT2D eigenvalue weighted by molar-refractivity contribution is -0.135. The molecule has 2 aromatic rings. The fourth-order valence-corrected chi connectivity index (χ4v) is 7.02. The van der Waals surface area contributed by atoms with E-state index in [-0.39, 0.29) is 69.1 Å². The first kappa shape index (κ1) is 57.9. The number of amides is 6. The maximum absolute atomic E-state index is 14.5. The molecule has 2 aromatic carbocycles. The average Bonchev–Trinajstić information content (AvgIpc) is 3.29. The zero-order chi connectivity index (χ0) is 50.8. The summed E-state index contributed by atoms with van der Waals surface area (Å²) in [6.45, 7) is 5.65. The summed E-state index contributed by atoms with van der Waals surface area (Å²) in [6.07, 6.45) is 0.939. The van der Waals surface area contributed by atoms with Crippen molar-refractivity contribution in [2.75, 3.05) is 19.6 Å². The molecule has 0 saturated carbocycles. The third-order valence-electron chi connectivity index (χ3n) is 10.9. The highest BCUT2D eigenvalue weighted by molar-refractivity contribution is 5.97. The number of carbonyl (C=O) groups is 7. The van der Waals surface area contributed by atoms with Gasteiger partial charge in [0.2, 0.25) is 35.4 Å². The molecule has 0 aromatic heterocycles. The van der Waals surface area contributed by atoms with Crippen molar-refractivity contribution in [3.8, 4) is 5.75 Å². The molecule has 22 heteroatoms. The van der Waals surface area contributed by atoms with E-state index in [2.05, 4.69) is 37.2 Å². The lowest BCUT2D eigenvalue weighted by Crippen LogP contribution is -2.60.